The topological polar surface area (TPSA) is 38.7 Å². The second-order valence-electron chi connectivity index (χ2n) is 4.64. The molecule has 0 saturated heterocycles. The van der Waals surface area contributed by atoms with Gasteiger partial charge < -0.3 is 4.74 Å². The molecule has 1 saturated carbocycles. The van der Waals surface area contributed by atoms with E-state index in [4.69, 9.17) is 4.74 Å². The molecule has 0 N–H and O–H groups in total. The smallest absolute Gasteiger partial charge is 0.235 e. The first-order chi connectivity index (χ1) is 7.81. The summed E-state index contributed by atoms with van der Waals surface area (Å²) >= 11 is 0. The van der Waals surface area contributed by atoms with Gasteiger partial charge in [0.15, 0.2) is 0 Å². The molecule has 0 spiro atoms. The van der Waals surface area contributed by atoms with Crippen LogP contribution in [0.1, 0.15) is 24.0 Å². The first-order valence-electron chi connectivity index (χ1n) is 5.65. The molecular weight excluding hydrogens is 202 g/mol. The van der Waals surface area contributed by atoms with Gasteiger partial charge in [0.25, 0.3) is 0 Å². The molecule has 1 heterocycles. The van der Waals surface area contributed by atoms with Crippen molar-refractivity contribution >= 4 is 6.08 Å². The number of carbonyl (C=O) groups excluding carboxylic acids is 1. The van der Waals surface area contributed by atoms with Crippen LogP contribution in [0.15, 0.2) is 23.2 Å². The van der Waals surface area contributed by atoms with Gasteiger partial charge in [-0.05, 0) is 36.5 Å². The van der Waals surface area contributed by atoms with Crippen molar-refractivity contribution in [3.63, 3.8) is 0 Å². The minimum atomic E-state index is -0.130. The summed E-state index contributed by atoms with van der Waals surface area (Å²) in [6.45, 7) is 0.788. The fourth-order valence-electron chi connectivity index (χ4n) is 2.30. The molecule has 82 valence electrons. The number of rotatable bonds is 3. The zero-order valence-electron chi connectivity index (χ0n) is 9.03. The average molecular weight is 215 g/mol. The molecule has 16 heavy (non-hydrogen) atoms. The van der Waals surface area contributed by atoms with Crippen molar-refractivity contribution in [1.29, 1.82) is 0 Å². The van der Waals surface area contributed by atoms with Gasteiger partial charge in [-0.15, -0.1) is 0 Å². The van der Waals surface area contributed by atoms with Crippen molar-refractivity contribution in [2.45, 2.75) is 31.2 Å². The van der Waals surface area contributed by atoms with Gasteiger partial charge in [0.05, 0.1) is 12.1 Å². The van der Waals surface area contributed by atoms with Gasteiger partial charge in [0.2, 0.25) is 6.08 Å². The fourth-order valence-corrected chi connectivity index (χ4v) is 2.30. The van der Waals surface area contributed by atoms with E-state index in [0.29, 0.717) is 0 Å². The van der Waals surface area contributed by atoms with E-state index in [1.165, 1.54) is 11.1 Å². The van der Waals surface area contributed by atoms with Gasteiger partial charge in [-0.1, -0.05) is 12.1 Å². The maximum absolute atomic E-state index is 10.3. The minimum absolute atomic E-state index is 0.130. The van der Waals surface area contributed by atoms with Crippen molar-refractivity contribution in [2.75, 3.05) is 6.61 Å². The first kappa shape index (κ1) is 9.61. The first-order valence-corrected chi connectivity index (χ1v) is 5.65. The Balaban J connectivity index is 1.83. The number of ether oxygens (including phenoxy) is 1. The van der Waals surface area contributed by atoms with E-state index in [1.807, 2.05) is 6.07 Å². The Morgan fingerprint density at radius 1 is 1.44 bits per heavy atom. The van der Waals surface area contributed by atoms with E-state index in [0.717, 1.165) is 38.0 Å². The van der Waals surface area contributed by atoms with Crippen LogP contribution in [-0.2, 0) is 17.6 Å². The van der Waals surface area contributed by atoms with Crippen LogP contribution in [0.2, 0.25) is 0 Å². The van der Waals surface area contributed by atoms with Crippen molar-refractivity contribution in [3.05, 3.63) is 29.3 Å². The number of benzene rings is 1. The van der Waals surface area contributed by atoms with E-state index < -0.39 is 0 Å². The monoisotopic (exact) mass is 215 g/mol. The van der Waals surface area contributed by atoms with Gasteiger partial charge in [0, 0.05) is 6.42 Å². The second-order valence-corrected chi connectivity index (χ2v) is 4.64. The highest BCUT2D eigenvalue weighted by Crippen LogP contribution is 2.42. The number of hydrogen-bond acceptors (Lipinski definition) is 3. The lowest BCUT2D eigenvalue weighted by Gasteiger charge is -2.08. The molecule has 3 nitrogen and oxygen atoms in total. The van der Waals surface area contributed by atoms with E-state index in [9.17, 15) is 4.79 Å². The average Bonchev–Trinajstić information content (AvgIpc) is 2.87. The van der Waals surface area contributed by atoms with Crippen LogP contribution < -0.4 is 4.74 Å². The molecule has 0 bridgehead atoms. The quantitative estimate of drug-likeness (QED) is 0.571. The molecule has 0 atom stereocenters. The van der Waals surface area contributed by atoms with Crippen LogP contribution in [0.25, 0.3) is 0 Å². The van der Waals surface area contributed by atoms with Gasteiger partial charge in [-0.25, -0.2) is 4.79 Å². The zero-order valence-corrected chi connectivity index (χ0v) is 9.03. The Bertz CT molecular complexity index is 471. The van der Waals surface area contributed by atoms with Crippen molar-refractivity contribution in [3.8, 4) is 5.75 Å². The summed E-state index contributed by atoms with van der Waals surface area (Å²) in [5, 5.41) is 0. The Morgan fingerprint density at radius 2 is 2.31 bits per heavy atom. The van der Waals surface area contributed by atoms with Gasteiger partial charge in [-0.2, -0.15) is 4.99 Å². The molecule has 1 fully saturated rings. The summed E-state index contributed by atoms with van der Waals surface area (Å²) in [6, 6.07) is 6.28. The molecule has 3 rings (SSSR count). The standard InChI is InChI=1S/C13H13NO2/c15-9-14-13(4-5-13)8-10-1-2-12-11(7-10)3-6-16-12/h1-2,7H,3-6,8H2. The summed E-state index contributed by atoms with van der Waals surface area (Å²) in [5.41, 5.74) is 2.40. The molecule has 0 amide bonds. The van der Waals surface area contributed by atoms with Crippen LogP contribution in [0.3, 0.4) is 0 Å². The molecule has 0 radical (unpaired) electrons. The molecule has 2 aliphatic rings. The molecule has 1 aromatic carbocycles. The highest BCUT2D eigenvalue weighted by atomic mass is 16.5. The number of nitrogens with zero attached hydrogens (tertiary/aromatic N) is 1. The maximum atomic E-state index is 10.3. The number of hydrogen-bond donors (Lipinski definition) is 0. The predicted octanol–water partition coefficient (Wildman–Crippen LogP) is 2.03. The van der Waals surface area contributed by atoms with Gasteiger partial charge in [0.1, 0.15) is 5.75 Å². The molecule has 0 aromatic heterocycles. The predicted molar refractivity (Wildman–Crippen MR) is 59.4 cm³/mol. The van der Waals surface area contributed by atoms with Crippen LogP contribution in [0, 0.1) is 0 Å². The SMILES string of the molecule is O=C=NC1(Cc2ccc3c(c2)CCO3)CC1. The number of fused-ring (bicyclic) bond motifs is 1. The number of aliphatic imine (C=N–C) groups is 1. The molecule has 1 aliphatic carbocycles. The second kappa shape index (κ2) is 3.46. The molecule has 0 unspecified atom stereocenters. The highest BCUT2D eigenvalue weighted by Gasteiger charge is 2.42. The van der Waals surface area contributed by atoms with Gasteiger partial charge >= 0.3 is 0 Å². The lowest BCUT2D eigenvalue weighted by Crippen LogP contribution is -2.08. The molecule has 1 aliphatic heterocycles. The molecule has 1 aromatic rings. The maximum Gasteiger partial charge on any atom is 0.235 e. The normalized spacial score (nSPS) is 19.5. The summed E-state index contributed by atoms with van der Waals surface area (Å²) in [5.74, 6) is 1.01. The fraction of sp³-hybridized carbons (Fsp3) is 0.462. The Morgan fingerprint density at radius 3 is 3.06 bits per heavy atom. The Hall–Kier alpha value is -1.60. The molecular formula is C13H13NO2. The highest BCUT2D eigenvalue weighted by molar-refractivity contribution is 5.42. The van der Waals surface area contributed by atoms with Crippen molar-refractivity contribution < 1.29 is 9.53 Å². The third-order valence-electron chi connectivity index (χ3n) is 3.40. The Kier molecular flexibility index (Phi) is 2.08. The lowest BCUT2D eigenvalue weighted by atomic mass is 10.0. The summed E-state index contributed by atoms with van der Waals surface area (Å²) < 4.78 is 5.46. The lowest BCUT2D eigenvalue weighted by molar-refractivity contribution is 0.357. The van der Waals surface area contributed by atoms with Crippen LogP contribution >= 0.6 is 0 Å². The van der Waals surface area contributed by atoms with Gasteiger partial charge in [-0.3, -0.25) is 0 Å². The Labute approximate surface area is 94.1 Å². The van der Waals surface area contributed by atoms with E-state index in [-0.39, 0.29) is 5.54 Å². The van der Waals surface area contributed by atoms with Crippen molar-refractivity contribution in [2.24, 2.45) is 4.99 Å². The molecule has 3 heteroatoms. The van der Waals surface area contributed by atoms with Crippen LogP contribution in [0.4, 0.5) is 0 Å². The minimum Gasteiger partial charge on any atom is -0.493 e. The third-order valence-corrected chi connectivity index (χ3v) is 3.40. The third kappa shape index (κ3) is 1.63. The summed E-state index contributed by atoms with van der Waals surface area (Å²) in [7, 11) is 0. The van der Waals surface area contributed by atoms with Crippen molar-refractivity contribution in [1.82, 2.24) is 0 Å². The summed E-state index contributed by atoms with van der Waals surface area (Å²) in [6.07, 6.45) is 5.56. The zero-order chi connectivity index (χ0) is 11.0. The van der Waals surface area contributed by atoms with E-state index >= 15 is 0 Å². The van der Waals surface area contributed by atoms with E-state index in [1.54, 1.807) is 6.08 Å². The largest absolute Gasteiger partial charge is 0.493 e. The number of isocyanates is 1. The summed E-state index contributed by atoms with van der Waals surface area (Å²) in [4.78, 5) is 14.2. The van der Waals surface area contributed by atoms with E-state index in [2.05, 4.69) is 17.1 Å². The van der Waals surface area contributed by atoms with Crippen LogP contribution in [-0.4, -0.2) is 18.2 Å². The van der Waals surface area contributed by atoms with Crippen LogP contribution in [0.5, 0.6) is 5.75 Å².